The molecule has 3 amide bonds. The van der Waals surface area contributed by atoms with Crippen LogP contribution in [0.5, 0.6) is 0 Å². The number of amides is 3. The Hall–Kier alpha value is -4.22. The number of anilines is 1. The van der Waals surface area contributed by atoms with Crippen molar-refractivity contribution < 1.29 is 19.6 Å². The second-order valence-corrected chi connectivity index (χ2v) is 6.45. The number of nitriles is 1. The second kappa shape index (κ2) is 12.5. The Morgan fingerprint density at radius 2 is 1.59 bits per heavy atom. The van der Waals surface area contributed by atoms with E-state index in [9.17, 15) is 14.4 Å². The molecule has 32 heavy (non-hydrogen) atoms. The predicted octanol–water partition coefficient (Wildman–Crippen LogP) is -0.299. The molecule has 10 nitrogen and oxygen atoms in total. The topological polar surface area (TPSA) is 169 Å². The summed E-state index contributed by atoms with van der Waals surface area (Å²) < 4.78 is 0. The molecule has 0 saturated carbocycles. The van der Waals surface area contributed by atoms with Crippen molar-refractivity contribution in [3.63, 3.8) is 0 Å². The Kier molecular flexibility index (Phi) is 9.37. The summed E-state index contributed by atoms with van der Waals surface area (Å²) in [6.45, 7) is -0.0183. The van der Waals surface area contributed by atoms with Crippen LogP contribution < -0.4 is 27.2 Å². The van der Waals surface area contributed by atoms with Gasteiger partial charge in [-0.2, -0.15) is 5.26 Å². The van der Waals surface area contributed by atoms with E-state index < -0.39 is 17.9 Å². The van der Waals surface area contributed by atoms with Gasteiger partial charge in [-0.25, -0.2) is 5.48 Å². The monoisotopic (exact) mass is 434 g/mol. The fourth-order valence-corrected chi connectivity index (χ4v) is 2.47. The number of nitrogens with one attached hydrogen (secondary N) is 4. The first-order chi connectivity index (χ1) is 15.5. The molecule has 1 atom stereocenters. The van der Waals surface area contributed by atoms with Gasteiger partial charge in [0.2, 0.25) is 5.91 Å². The molecule has 0 unspecified atom stereocenters. The third-order valence-corrected chi connectivity index (χ3v) is 4.12. The van der Waals surface area contributed by atoms with Crippen LogP contribution in [0.2, 0.25) is 0 Å². The molecular weight excluding hydrogens is 412 g/mol. The fourth-order valence-electron chi connectivity index (χ4n) is 2.47. The molecular formula is C22H22N6O4. The van der Waals surface area contributed by atoms with Gasteiger partial charge < -0.3 is 16.4 Å². The van der Waals surface area contributed by atoms with Gasteiger partial charge in [0, 0.05) is 28.9 Å². The van der Waals surface area contributed by atoms with Crippen molar-refractivity contribution in [2.75, 3.05) is 25.0 Å². The molecule has 0 heterocycles. The minimum atomic E-state index is -1.05. The van der Waals surface area contributed by atoms with Crippen molar-refractivity contribution in [2.24, 2.45) is 5.73 Å². The van der Waals surface area contributed by atoms with Crippen LogP contribution in [0.4, 0.5) is 5.69 Å². The van der Waals surface area contributed by atoms with Gasteiger partial charge in [-0.05, 0) is 48.5 Å². The SMILES string of the molecule is N#CCNCC(=O)Nc1ccc(C#Cc2ccc(C(=O)N[C@@H](CN)C(=O)NO)cc2)cc1. The zero-order chi connectivity index (χ0) is 23.3. The third-order valence-electron chi connectivity index (χ3n) is 4.12. The Morgan fingerprint density at radius 1 is 1.00 bits per heavy atom. The van der Waals surface area contributed by atoms with Crippen molar-refractivity contribution in [1.82, 2.24) is 16.1 Å². The quantitative estimate of drug-likeness (QED) is 0.109. The Bertz CT molecular complexity index is 1050. The number of carbonyl (C=O) groups excluding carboxylic acids is 3. The maximum atomic E-state index is 12.2. The average molecular weight is 434 g/mol. The molecule has 0 aromatic heterocycles. The van der Waals surface area contributed by atoms with E-state index in [1.54, 1.807) is 48.5 Å². The van der Waals surface area contributed by atoms with E-state index in [4.69, 9.17) is 16.2 Å². The maximum absolute atomic E-state index is 12.2. The summed E-state index contributed by atoms with van der Waals surface area (Å²) in [5.74, 6) is 4.40. The lowest BCUT2D eigenvalue weighted by Gasteiger charge is -2.14. The molecule has 164 valence electrons. The molecule has 0 bridgehead atoms. The molecule has 2 rings (SSSR count). The first-order valence-corrected chi connectivity index (χ1v) is 9.51. The van der Waals surface area contributed by atoms with Crippen LogP contribution in [-0.2, 0) is 9.59 Å². The first kappa shape index (κ1) is 24.1. The van der Waals surface area contributed by atoms with Crippen molar-refractivity contribution >= 4 is 23.4 Å². The molecule has 0 radical (unpaired) electrons. The predicted molar refractivity (Wildman–Crippen MR) is 116 cm³/mol. The van der Waals surface area contributed by atoms with E-state index in [1.165, 1.54) is 5.48 Å². The Labute approximate surface area is 184 Å². The summed E-state index contributed by atoms with van der Waals surface area (Å²) in [7, 11) is 0. The van der Waals surface area contributed by atoms with Crippen LogP contribution in [0, 0.1) is 23.2 Å². The van der Waals surface area contributed by atoms with Crippen LogP contribution in [0.1, 0.15) is 21.5 Å². The molecule has 10 heteroatoms. The van der Waals surface area contributed by atoms with Gasteiger partial charge in [0.05, 0.1) is 19.2 Å². The molecule has 0 aliphatic carbocycles. The summed E-state index contributed by atoms with van der Waals surface area (Å²) in [4.78, 5) is 35.3. The highest BCUT2D eigenvalue weighted by atomic mass is 16.5. The van der Waals surface area contributed by atoms with Crippen LogP contribution in [0.15, 0.2) is 48.5 Å². The number of nitrogens with two attached hydrogens (primary N) is 1. The van der Waals surface area contributed by atoms with Gasteiger partial charge in [0.15, 0.2) is 0 Å². The minimum Gasteiger partial charge on any atom is -0.339 e. The number of nitrogens with zero attached hydrogens (tertiary/aromatic N) is 1. The first-order valence-electron chi connectivity index (χ1n) is 9.51. The van der Waals surface area contributed by atoms with E-state index in [0.717, 1.165) is 5.56 Å². The molecule has 0 aliphatic rings. The van der Waals surface area contributed by atoms with E-state index in [0.29, 0.717) is 16.8 Å². The third kappa shape index (κ3) is 7.55. The van der Waals surface area contributed by atoms with Gasteiger partial charge >= 0.3 is 0 Å². The van der Waals surface area contributed by atoms with Gasteiger partial charge in [-0.3, -0.25) is 24.9 Å². The number of hydrogen-bond donors (Lipinski definition) is 6. The molecule has 0 aliphatic heterocycles. The Balaban J connectivity index is 1.95. The summed E-state index contributed by atoms with van der Waals surface area (Å²) >= 11 is 0. The standard InChI is InChI=1S/C22H22N6O4/c23-11-12-25-14-20(29)26-18-9-5-16(6-10-18)2-1-15-3-7-17(8-4-15)21(30)27-19(13-24)22(31)28-32/h3-10,19,25,32H,12-14,24H2,(H,26,29)(H,27,30)(H,28,31)/t19-/m0/s1. The molecule has 2 aromatic rings. The van der Waals surface area contributed by atoms with E-state index in [2.05, 4.69) is 27.8 Å². The minimum absolute atomic E-state index is 0.0463. The van der Waals surface area contributed by atoms with Crippen molar-refractivity contribution in [3.8, 4) is 17.9 Å². The van der Waals surface area contributed by atoms with Crippen molar-refractivity contribution in [2.45, 2.75) is 6.04 Å². The van der Waals surface area contributed by atoms with Crippen molar-refractivity contribution in [1.29, 1.82) is 5.26 Å². The lowest BCUT2D eigenvalue weighted by molar-refractivity contribution is -0.130. The number of hydroxylamine groups is 1. The summed E-state index contributed by atoms with van der Waals surface area (Å²) in [6, 6.07) is 14.2. The highest BCUT2D eigenvalue weighted by molar-refractivity contribution is 5.97. The van der Waals surface area contributed by atoms with Crippen molar-refractivity contribution in [3.05, 3.63) is 65.2 Å². The molecule has 0 spiro atoms. The molecule has 0 saturated heterocycles. The number of hydrogen-bond acceptors (Lipinski definition) is 7. The Morgan fingerprint density at radius 3 is 2.12 bits per heavy atom. The normalized spacial score (nSPS) is 10.7. The molecule has 2 aromatic carbocycles. The highest BCUT2D eigenvalue weighted by Gasteiger charge is 2.19. The van der Waals surface area contributed by atoms with E-state index in [1.807, 2.05) is 6.07 Å². The number of rotatable bonds is 8. The zero-order valence-electron chi connectivity index (χ0n) is 17.0. The lowest BCUT2D eigenvalue weighted by Crippen LogP contribution is -2.50. The van der Waals surface area contributed by atoms with Crippen LogP contribution in [-0.4, -0.2) is 48.6 Å². The molecule has 0 fully saturated rings. The fraction of sp³-hybridized carbons (Fsp3) is 0.182. The summed E-state index contributed by atoms with van der Waals surface area (Å²) in [5, 5.41) is 24.9. The highest BCUT2D eigenvalue weighted by Crippen LogP contribution is 2.09. The van der Waals surface area contributed by atoms with Crippen LogP contribution >= 0.6 is 0 Å². The number of benzene rings is 2. The second-order valence-electron chi connectivity index (χ2n) is 6.45. The van der Waals surface area contributed by atoms with Gasteiger partial charge in [0.1, 0.15) is 6.04 Å². The lowest BCUT2D eigenvalue weighted by atomic mass is 10.1. The van der Waals surface area contributed by atoms with Crippen LogP contribution in [0.25, 0.3) is 0 Å². The maximum Gasteiger partial charge on any atom is 0.267 e. The largest absolute Gasteiger partial charge is 0.339 e. The zero-order valence-corrected chi connectivity index (χ0v) is 17.0. The summed E-state index contributed by atoms with van der Waals surface area (Å²) in [6.07, 6.45) is 0. The van der Waals surface area contributed by atoms with Gasteiger partial charge in [0.25, 0.3) is 11.8 Å². The van der Waals surface area contributed by atoms with E-state index >= 15 is 0 Å². The van der Waals surface area contributed by atoms with Gasteiger partial charge in [-0.1, -0.05) is 11.8 Å². The summed E-state index contributed by atoms with van der Waals surface area (Å²) in [5.41, 5.74) is 9.19. The smallest absolute Gasteiger partial charge is 0.267 e. The van der Waals surface area contributed by atoms with E-state index in [-0.39, 0.29) is 25.5 Å². The van der Waals surface area contributed by atoms with Gasteiger partial charge in [-0.15, -0.1) is 0 Å². The van der Waals surface area contributed by atoms with Crippen LogP contribution in [0.3, 0.4) is 0 Å². The molecule has 7 N–H and O–H groups in total. The number of carbonyl (C=O) groups is 3. The average Bonchev–Trinajstić information content (AvgIpc) is 2.82.